The first-order chi connectivity index (χ1) is 5.20. The van der Waals surface area contributed by atoms with Crippen LogP contribution in [-0.4, -0.2) is 53.6 Å². The highest BCUT2D eigenvalue weighted by Gasteiger charge is 2.42. The number of hydrogen-bond acceptors (Lipinski definition) is 5. The number of ether oxygens (including phenoxy) is 2. The van der Waals surface area contributed by atoms with Gasteiger partial charge in [0.05, 0.1) is 6.61 Å². The average Bonchev–Trinajstić information content (AvgIpc) is 2.28. The van der Waals surface area contributed by atoms with Crippen molar-refractivity contribution < 1.29 is 24.8 Å². The van der Waals surface area contributed by atoms with Gasteiger partial charge in [-0.1, -0.05) is 0 Å². The molecule has 0 amide bonds. The summed E-state index contributed by atoms with van der Waals surface area (Å²) >= 11 is 0. The average molecular weight is 164 g/mol. The van der Waals surface area contributed by atoms with Crippen molar-refractivity contribution in [1.29, 1.82) is 0 Å². The third-order valence-electron chi connectivity index (χ3n) is 1.76. The standard InChI is InChI=1S/C6H12O5/c1-10-5-3(2-7)11-6(9)4(5)8/h3-9H,2H2,1H3/t3-,4-,5+,6+/m1/s1. The molecule has 5 nitrogen and oxygen atoms in total. The van der Waals surface area contributed by atoms with Gasteiger partial charge in [0.25, 0.3) is 0 Å². The van der Waals surface area contributed by atoms with Gasteiger partial charge in [0, 0.05) is 7.11 Å². The number of aliphatic hydroxyl groups is 3. The highest BCUT2D eigenvalue weighted by Crippen LogP contribution is 2.21. The first-order valence-electron chi connectivity index (χ1n) is 3.36. The van der Waals surface area contributed by atoms with Crippen LogP contribution in [0.5, 0.6) is 0 Å². The second-order valence-corrected chi connectivity index (χ2v) is 2.44. The van der Waals surface area contributed by atoms with E-state index in [1.54, 1.807) is 0 Å². The molecular weight excluding hydrogens is 152 g/mol. The van der Waals surface area contributed by atoms with Crippen LogP contribution in [0.4, 0.5) is 0 Å². The number of methoxy groups -OCH3 is 1. The lowest BCUT2D eigenvalue weighted by atomic mass is 10.1. The molecule has 1 aliphatic heterocycles. The van der Waals surface area contributed by atoms with Crippen molar-refractivity contribution in [3.05, 3.63) is 0 Å². The lowest BCUT2D eigenvalue weighted by Crippen LogP contribution is -2.35. The highest BCUT2D eigenvalue weighted by atomic mass is 16.7. The van der Waals surface area contributed by atoms with Crippen molar-refractivity contribution in [3.8, 4) is 0 Å². The molecule has 3 N–H and O–H groups in total. The van der Waals surface area contributed by atoms with Crippen molar-refractivity contribution in [1.82, 2.24) is 0 Å². The van der Waals surface area contributed by atoms with Crippen LogP contribution in [0.2, 0.25) is 0 Å². The molecule has 0 saturated carbocycles. The molecule has 1 saturated heterocycles. The van der Waals surface area contributed by atoms with E-state index in [-0.39, 0.29) is 6.61 Å². The Morgan fingerprint density at radius 2 is 2.09 bits per heavy atom. The van der Waals surface area contributed by atoms with E-state index in [2.05, 4.69) is 0 Å². The van der Waals surface area contributed by atoms with Crippen molar-refractivity contribution >= 4 is 0 Å². The molecule has 66 valence electrons. The molecule has 1 aliphatic rings. The first kappa shape index (κ1) is 8.89. The van der Waals surface area contributed by atoms with E-state index in [1.807, 2.05) is 0 Å². The third kappa shape index (κ3) is 1.52. The van der Waals surface area contributed by atoms with Gasteiger partial charge in [-0.15, -0.1) is 0 Å². The molecule has 0 aromatic rings. The van der Waals surface area contributed by atoms with Crippen LogP contribution in [0, 0.1) is 0 Å². The first-order valence-corrected chi connectivity index (χ1v) is 3.36. The monoisotopic (exact) mass is 164 g/mol. The second-order valence-electron chi connectivity index (χ2n) is 2.44. The van der Waals surface area contributed by atoms with E-state index in [0.29, 0.717) is 0 Å². The smallest absolute Gasteiger partial charge is 0.184 e. The topological polar surface area (TPSA) is 79.2 Å². The minimum absolute atomic E-state index is 0.271. The predicted octanol–water partition coefficient (Wildman–Crippen LogP) is -1.93. The summed E-state index contributed by atoms with van der Waals surface area (Å²) in [5, 5.41) is 26.8. The van der Waals surface area contributed by atoms with Crippen molar-refractivity contribution in [3.63, 3.8) is 0 Å². The second kappa shape index (κ2) is 3.46. The van der Waals surface area contributed by atoms with Crippen LogP contribution in [0.15, 0.2) is 0 Å². The fourth-order valence-electron chi connectivity index (χ4n) is 1.16. The van der Waals surface area contributed by atoms with E-state index in [4.69, 9.17) is 24.8 Å². The molecule has 0 aliphatic carbocycles. The fraction of sp³-hybridized carbons (Fsp3) is 1.00. The molecule has 0 spiro atoms. The van der Waals surface area contributed by atoms with Gasteiger partial charge >= 0.3 is 0 Å². The fourth-order valence-corrected chi connectivity index (χ4v) is 1.16. The van der Waals surface area contributed by atoms with Crippen molar-refractivity contribution in [2.75, 3.05) is 13.7 Å². The van der Waals surface area contributed by atoms with Gasteiger partial charge in [-0.05, 0) is 0 Å². The lowest BCUT2D eigenvalue weighted by molar-refractivity contribution is -0.132. The Kier molecular flexibility index (Phi) is 2.80. The van der Waals surface area contributed by atoms with Crippen molar-refractivity contribution in [2.45, 2.75) is 24.6 Å². The van der Waals surface area contributed by atoms with Crippen LogP contribution in [0.1, 0.15) is 0 Å². The number of rotatable bonds is 2. The Morgan fingerprint density at radius 1 is 1.45 bits per heavy atom. The van der Waals surface area contributed by atoms with Crippen molar-refractivity contribution in [2.24, 2.45) is 0 Å². The molecule has 0 aromatic heterocycles. The molecule has 11 heavy (non-hydrogen) atoms. The molecule has 1 heterocycles. The number of hydrogen-bond donors (Lipinski definition) is 3. The zero-order valence-electron chi connectivity index (χ0n) is 6.17. The normalized spacial score (nSPS) is 44.7. The summed E-state index contributed by atoms with van der Waals surface area (Å²) in [6.45, 7) is -0.271. The molecular formula is C6H12O5. The SMILES string of the molecule is CO[C@@H]1[C@@H](O)[C@@H](O)O[C@@H]1CO. The summed E-state index contributed by atoms with van der Waals surface area (Å²) in [6.07, 6.45) is -3.60. The minimum atomic E-state index is -1.25. The third-order valence-corrected chi connectivity index (χ3v) is 1.76. The van der Waals surface area contributed by atoms with Gasteiger partial charge in [-0.2, -0.15) is 0 Å². The predicted molar refractivity (Wildman–Crippen MR) is 34.8 cm³/mol. The Balaban J connectivity index is 2.57. The maximum atomic E-state index is 9.15. The largest absolute Gasteiger partial charge is 0.394 e. The van der Waals surface area contributed by atoms with Gasteiger partial charge in [0.1, 0.15) is 18.3 Å². The molecule has 0 aromatic carbocycles. The Morgan fingerprint density at radius 3 is 2.45 bits per heavy atom. The molecule has 0 radical (unpaired) electrons. The summed E-state index contributed by atoms with van der Waals surface area (Å²) < 4.78 is 9.56. The molecule has 0 unspecified atom stereocenters. The van der Waals surface area contributed by atoms with E-state index in [9.17, 15) is 0 Å². The minimum Gasteiger partial charge on any atom is -0.394 e. The highest BCUT2D eigenvalue weighted by molar-refractivity contribution is 4.86. The van der Waals surface area contributed by atoms with Crippen LogP contribution < -0.4 is 0 Å². The molecule has 1 fully saturated rings. The van der Waals surface area contributed by atoms with E-state index < -0.39 is 24.6 Å². The van der Waals surface area contributed by atoms with Gasteiger partial charge in [0.2, 0.25) is 0 Å². The summed E-state index contributed by atoms with van der Waals surface area (Å²) in [4.78, 5) is 0. The van der Waals surface area contributed by atoms with E-state index >= 15 is 0 Å². The summed E-state index contributed by atoms with van der Waals surface area (Å²) in [5.74, 6) is 0. The van der Waals surface area contributed by atoms with Crippen LogP contribution in [-0.2, 0) is 9.47 Å². The molecule has 4 atom stereocenters. The Hall–Kier alpha value is -0.200. The van der Waals surface area contributed by atoms with Crippen LogP contribution in [0.25, 0.3) is 0 Å². The summed E-state index contributed by atoms with van der Waals surface area (Å²) in [7, 11) is 1.39. The zero-order valence-corrected chi connectivity index (χ0v) is 6.17. The van der Waals surface area contributed by atoms with Crippen LogP contribution >= 0.6 is 0 Å². The molecule has 0 bridgehead atoms. The zero-order chi connectivity index (χ0) is 8.43. The van der Waals surface area contributed by atoms with E-state index in [0.717, 1.165) is 0 Å². The maximum absolute atomic E-state index is 9.15. The summed E-state index contributed by atoms with van der Waals surface area (Å²) in [5.41, 5.74) is 0. The molecule has 1 rings (SSSR count). The Bertz CT molecular complexity index is 128. The maximum Gasteiger partial charge on any atom is 0.184 e. The lowest BCUT2D eigenvalue weighted by Gasteiger charge is -2.15. The summed E-state index contributed by atoms with van der Waals surface area (Å²) in [6, 6.07) is 0. The van der Waals surface area contributed by atoms with Gasteiger partial charge in [0.15, 0.2) is 6.29 Å². The van der Waals surface area contributed by atoms with Crippen LogP contribution in [0.3, 0.4) is 0 Å². The van der Waals surface area contributed by atoms with Gasteiger partial charge in [-0.25, -0.2) is 0 Å². The Labute approximate surface area is 64.2 Å². The van der Waals surface area contributed by atoms with Gasteiger partial charge < -0.3 is 24.8 Å². The van der Waals surface area contributed by atoms with E-state index in [1.165, 1.54) is 7.11 Å². The van der Waals surface area contributed by atoms with Gasteiger partial charge in [-0.3, -0.25) is 0 Å². The molecule has 5 heteroatoms. The number of aliphatic hydroxyl groups excluding tert-OH is 3. The quantitative estimate of drug-likeness (QED) is 0.443.